The van der Waals surface area contributed by atoms with Gasteiger partial charge in [0.25, 0.3) is 0 Å². The van der Waals surface area contributed by atoms with Crippen LogP contribution in [-0.2, 0) is 12.8 Å². The molecule has 23 heavy (non-hydrogen) atoms. The van der Waals surface area contributed by atoms with E-state index in [1.807, 2.05) is 6.92 Å². The normalized spacial score (nSPS) is 14.3. The summed E-state index contributed by atoms with van der Waals surface area (Å²) in [5.74, 6) is -0.239. The van der Waals surface area contributed by atoms with E-state index in [4.69, 9.17) is 0 Å². The van der Waals surface area contributed by atoms with E-state index in [1.54, 1.807) is 12.3 Å². The van der Waals surface area contributed by atoms with E-state index in [9.17, 15) is 13.2 Å². The highest BCUT2D eigenvalue weighted by molar-refractivity contribution is 5.65. The summed E-state index contributed by atoms with van der Waals surface area (Å²) >= 11 is 0. The number of benzene rings is 1. The predicted molar refractivity (Wildman–Crippen MR) is 82.0 cm³/mol. The molecule has 1 N–H and O–H groups in total. The van der Waals surface area contributed by atoms with Crippen LogP contribution in [0.25, 0.3) is 0 Å². The number of halogens is 3. The van der Waals surface area contributed by atoms with Gasteiger partial charge in [-0.15, -0.1) is 13.2 Å². The van der Waals surface area contributed by atoms with Crippen LogP contribution in [0.1, 0.15) is 29.7 Å². The van der Waals surface area contributed by atoms with Gasteiger partial charge in [-0.3, -0.25) is 4.98 Å². The first-order valence-electron chi connectivity index (χ1n) is 7.52. The summed E-state index contributed by atoms with van der Waals surface area (Å²) < 4.78 is 40.9. The van der Waals surface area contributed by atoms with Crippen molar-refractivity contribution in [3.63, 3.8) is 0 Å². The monoisotopic (exact) mass is 322 g/mol. The molecule has 3 rings (SSSR count). The van der Waals surface area contributed by atoms with Gasteiger partial charge in [0.1, 0.15) is 5.75 Å². The maximum Gasteiger partial charge on any atom is 0.573 e. The van der Waals surface area contributed by atoms with Crippen LogP contribution < -0.4 is 10.1 Å². The van der Waals surface area contributed by atoms with Gasteiger partial charge in [0.05, 0.1) is 11.9 Å². The lowest BCUT2D eigenvalue weighted by molar-refractivity contribution is -0.274. The highest BCUT2D eigenvalue weighted by Crippen LogP contribution is 2.32. The summed E-state index contributed by atoms with van der Waals surface area (Å²) in [4.78, 5) is 4.40. The van der Waals surface area contributed by atoms with E-state index < -0.39 is 6.36 Å². The van der Waals surface area contributed by atoms with Crippen LogP contribution in [-0.4, -0.2) is 11.3 Å². The molecule has 0 aliphatic heterocycles. The summed E-state index contributed by atoms with van der Waals surface area (Å²) in [5, 5.41) is 3.18. The second kappa shape index (κ2) is 6.10. The lowest BCUT2D eigenvalue weighted by Gasteiger charge is -2.21. The molecule has 0 saturated heterocycles. The Kier molecular flexibility index (Phi) is 4.15. The molecule has 0 bridgehead atoms. The molecule has 1 aromatic heterocycles. The molecule has 0 saturated carbocycles. The van der Waals surface area contributed by atoms with Gasteiger partial charge in [-0.2, -0.15) is 0 Å². The van der Waals surface area contributed by atoms with Gasteiger partial charge >= 0.3 is 6.36 Å². The predicted octanol–water partition coefficient (Wildman–Crippen LogP) is 4.91. The maximum absolute atomic E-state index is 12.3. The molecule has 0 unspecified atom stereocenters. The molecule has 1 heterocycles. The molecule has 3 nitrogen and oxygen atoms in total. The van der Waals surface area contributed by atoms with Crippen molar-refractivity contribution in [2.24, 2.45) is 0 Å². The Balaban J connectivity index is 1.87. The minimum atomic E-state index is -4.69. The van der Waals surface area contributed by atoms with Gasteiger partial charge in [-0.1, -0.05) is 6.07 Å². The molecule has 6 heteroatoms. The summed E-state index contributed by atoms with van der Waals surface area (Å²) in [6, 6.07) is 5.85. The smallest absolute Gasteiger partial charge is 0.406 e. The highest BCUT2D eigenvalue weighted by Gasteiger charge is 2.31. The van der Waals surface area contributed by atoms with Crippen molar-refractivity contribution < 1.29 is 17.9 Å². The largest absolute Gasteiger partial charge is 0.573 e. The van der Waals surface area contributed by atoms with Crippen molar-refractivity contribution in [3.05, 3.63) is 47.3 Å². The Hall–Kier alpha value is -2.24. The summed E-state index contributed by atoms with van der Waals surface area (Å²) in [7, 11) is 0. The first-order valence-corrected chi connectivity index (χ1v) is 7.52. The van der Waals surface area contributed by atoms with Crippen molar-refractivity contribution in [1.29, 1.82) is 0 Å². The number of fused-ring (bicyclic) bond motifs is 1. The van der Waals surface area contributed by atoms with Crippen LogP contribution in [0.3, 0.4) is 0 Å². The fraction of sp³-hybridized carbons (Fsp3) is 0.353. The molecule has 1 aliphatic carbocycles. The third-order valence-corrected chi connectivity index (χ3v) is 3.96. The maximum atomic E-state index is 12.3. The molecule has 0 spiro atoms. The van der Waals surface area contributed by atoms with E-state index in [0.717, 1.165) is 37.1 Å². The summed E-state index contributed by atoms with van der Waals surface area (Å²) in [5.41, 5.74) is 4.90. The number of pyridine rings is 1. The fourth-order valence-electron chi connectivity index (χ4n) is 2.95. The van der Waals surface area contributed by atoms with Crippen molar-refractivity contribution in [1.82, 2.24) is 4.98 Å². The lowest BCUT2D eigenvalue weighted by Crippen LogP contribution is -2.17. The Morgan fingerprint density at radius 1 is 1.13 bits per heavy atom. The first-order chi connectivity index (χ1) is 10.9. The van der Waals surface area contributed by atoms with Crippen molar-refractivity contribution in [2.75, 3.05) is 5.32 Å². The van der Waals surface area contributed by atoms with Gasteiger partial charge in [0, 0.05) is 17.4 Å². The molecule has 122 valence electrons. The van der Waals surface area contributed by atoms with Crippen LogP contribution >= 0.6 is 0 Å². The van der Waals surface area contributed by atoms with Crippen LogP contribution in [0.15, 0.2) is 30.5 Å². The van der Waals surface area contributed by atoms with E-state index in [2.05, 4.69) is 15.0 Å². The Morgan fingerprint density at radius 2 is 1.87 bits per heavy atom. The highest BCUT2D eigenvalue weighted by atomic mass is 19.4. The lowest BCUT2D eigenvalue weighted by atomic mass is 9.90. The van der Waals surface area contributed by atoms with Crippen molar-refractivity contribution >= 4 is 11.4 Å². The molecular formula is C17H17F3N2O. The molecule has 0 radical (unpaired) electrons. The number of ether oxygens (including phenoxy) is 1. The zero-order valence-electron chi connectivity index (χ0n) is 12.7. The average Bonchev–Trinajstić information content (AvgIpc) is 2.49. The van der Waals surface area contributed by atoms with Gasteiger partial charge in [0.15, 0.2) is 0 Å². The number of hydrogen-bond acceptors (Lipinski definition) is 3. The first kappa shape index (κ1) is 15.6. The van der Waals surface area contributed by atoms with Gasteiger partial charge in [0.2, 0.25) is 0 Å². The average molecular weight is 322 g/mol. The standard InChI is InChI=1S/C17H17F3N2O/c1-11-14-7-2-3-8-15(14)16(10-21-11)22-12-5-4-6-13(9-12)23-17(18,19)20/h4-6,9-10,22H,2-3,7-8H2,1H3. The number of aryl methyl sites for hydroxylation is 1. The molecular weight excluding hydrogens is 305 g/mol. The van der Waals surface area contributed by atoms with Crippen molar-refractivity contribution in [3.8, 4) is 5.75 Å². The van der Waals surface area contributed by atoms with Crippen LogP contribution in [0.5, 0.6) is 5.75 Å². The van der Waals surface area contributed by atoms with E-state index in [0.29, 0.717) is 5.69 Å². The molecule has 2 aromatic rings. The van der Waals surface area contributed by atoms with Crippen LogP contribution in [0.4, 0.5) is 24.5 Å². The van der Waals surface area contributed by atoms with E-state index in [-0.39, 0.29) is 5.75 Å². The van der Waals surface area contributed by atoms with E-state index in [1.165, 1.54) is 29.3 Å². The third-order valence-electron chi connectivity index (χ3n) is 3.96. The minimum Gasteiger partial charge on any atom is -0.406 e. The van der Waals surface area contributed by atoms with Gasteiger partial charge < -0.3 is 10.1 Å². The Bertz CT molecular complexity index is 713. The number of hydrogen-bond donors (Lipinski definition) is 1. The van der Waals surface area contributed by atoms with E-state index >= 15 is 0 Å². The summed E-state index contributed by atoms with van der Waals surface area (Å²) in [6.45, 7) is 1.99. The molecule has 0 amide bonds. The molecule has 1 aliphatic rings. The quantitative estimate of drug-likeness (QED) is 0.872. The second-order valence-electron chi connectivity index (χ2n) is 5.62. The zero-order chi connectivity index (χ0) is 16.4. The van der Waals surface area contributed by atoms with Crippen molar-refractivity contribution in [2.45, 2.75) is 39.0 Å². The number of anilines is 2. The second-order valence-corrected chi connectivity index (χ2v) is 5.62. The summed E-state index contributed by atoms with van der Waals surface area (Å²) in [6.07, 6.45) is 1.27. The Labute approximate surface area is 132 Å². The molecule has 0 atom stereocenters. The third kappa shape index (κ3) is 3.75. The van der Waals surface area contributed by atoms with Crippen LogP contribution in [0.2, 0.25) is 0 Å². The number of nitrogens with one attached hydrogen (secondary N) is 1. The molecule has 0 fully saturated rings. The zero-order valence-corrected chi connectivity index (χ0v) is 12.7. The molecule has 1 aromatic carbocycles. The topological polar surface area (TPSA) is 34.2 Å². The number of nitrogens with zero attached hydrogens (tertiary/aromatic N) is 1. The van der Waals surface area contributed by atoms with Gasteiger partial charge in [-0.05, 0) is 55.9 Å². The van der Waals surface area contributed by atoms with Gasteiger partial charge in [-0.25, -0.2) is 0 Å². The number of rotatable bonds is 3. The fourth-order valence-corrected chi connectivity index (χ4v) is 2.95. The number of aromatic nitrogens is 1. The Morgan fingerprint density at radius 3 is 2.61 bits per heavy atom. The number of alkyl halides is 3. The minimum absolute atomic E-state index is 0.239. The SMILES string of the molecule is Cc1ncc(Nc2cccc(OC(F)(F)F)c2)c2c1CCCC2. The van der Waals surface area contributed by atoms with Crippen LogP contribution in [0, 0.1) is 6.92 Å².